The van der Waals surface area contributed by atoms with Crippen LogP contribution in [0.3, 0.4) is 0 Å². The van der Waals surface area contributed by atoms with E-state index in [1.165, 1.54) is 0 Å². The van der Waals surface area contributed by atoms with Crippen molar-refractivity contribution in [3.63, 3.8) is 0 Å². The molecule has 0 unspecified atom stereocenters. The molecule has 0 spiro atoms. The van der Waals surface area contributed by atoms with Crippen LogP contribution >= 0.6 is 22.6 Å². The highest BCUT2D eigenvalue weighted by Crippen LogP contribution is 2.20. The molecule has 0 atom stereocenters. The number of rotatable bonds is 2. The summed E-state index contributed by atoms with van der Waals surface area (Å²) in [5.41, 5.74) is 0.880. The number of ether oxygens (including phenoxy) is 1. The van der Waals surface area contributed by atoms with Gasteiger partial charge in [-0.1, -0.05) is 6.07 Å². The van der Waals surface area contributed by atoms with E-state index < -0.39 is 0 Å². The van der Waals surface area contributed by atoms with Crippen LogP contribution in [-0.2, 0) is 0 Å². The fourth-order valence-electron chi connectivity index (χ4n) is 1.09. The van der Waals surface area contributed by atoms with Crippen molar-refractivity contribution in [2.45, 2.75) is 6.92 Å². The summed E-state index contributed by atoms with van der Waals surface area (Å²) in [5, 5.41) is 7.85. The van der Waals surface area contributed by atoms with Crippen molar-refractivity contribution in [2.24, 2.45) is 0 Å². The molecule has 1 aromatic carbocycles. The molecular formula is C11H9IN2O. The number of aryl methyl sites for hydroxylation is 1. The van der Waals surface area contributed by atoms with Crippen molar-refractivity contribution >= 4 is 22.6 Å². The lowest BCUT2D eigenvalue weighted by Crippen LogP contribution is -1.91. The first-order valence-corrected chi connectivity index (χ1v) is 5.56. The summed E-state index contributed by atoms with van der Waals surface area (Å²) in [6.45, 7) is 1.89. The van der Waals surface area contributed by atoms with Crippen molar-refractivity contribution < 1.29 is 4.74 Å². The fourth-order valence-corrected chi connectivity index (χ4v) is 1.61. The van der Waals surface area contributed by atoms with Gasteiger partial charge in [0.05, 0.1) is 5.69 Å². The molecule has 76 valence electrons. The minimum Gasteiger partial charge on any atom is -0.437 e. The molecule has 0 saturated heterocycles. The van der Waals surface area contributed by atoms with Gasteiger partial charge in [0.25, 0.3) is 0 Å². The predicted octanol–water partition coefficient (Wildman–Crippen LogP) is 3.18. The average Bonchev–Trinajstić information content (AvgIpc) is 2.22. The Morgan fingerprint density at radius 2 is 2.00 bits per heavy atom. The van der Waals surface area contributed by atoms with Gasteiger partial charge in [-0.3, -0.25) is 0 Å². The molecule has 4 heteroatoms. The second kappa shape index (κ2) is 4.57. The first-order valence-electron chi connectivity index (χ1n) is 4.48. The number of hydrogen-bond donors (Lipinski definition) is 0. The first-order chi connectivity index (χ1) is 7.24. The number of benzene rings is 1. The Kier molecular flexibility index (Phi) is 3.15. The SMILES string of the molecule is Cc1ccc(Oc2cccc(I)c2)nn1. The maximum Gasteiger partial charge on any atom is 0.238 e. The Morgan fingerprint density at radius 1 is 1.13 bits per heavy atom. The van der Waals surface area contributed by atoms with Gasteiger partial charge >= 0.3 is 0 Å². The third kappa shape index (κ3) is 2.89. The third-order valence-electron chi connectivity index (χ3n) is 1.79. The Hall–Kier alpha value is -1.17. The molecule has 15 heavy (non-hydrogen) atoms. The van der Waals surface area contributed by atoms with Gasteiger partial charge in [-0.2, -0.15) is 5.10 Å². The molecule has 3 nitrogen and oxygen atoms in total. The van der Waals surface area contributed by atoms with Crippen LogP contribution < -0.4 is 4.74 Å². The zero-order valence-corrected chi connectivity index (χ0v) is 10.3. The van der Waals surface area contributed by atoms with Gasteiger partial charge in [-0.05, 0) is 53.8 Å². The van der Waals surface area contributed by atoms with Crippen molar-refractivity contribution in [3.8, 4) is 11.6 Å². The van der Waals surface area contributed by atoms with Crippen LogP contribution in [0.1, 0.15) is 5.69 Å². The second-order valence-corrected chi connectivity index (χ2v) is 4.32. The molecule has 0 aliphatic heterocycles. The van der Waals surface area contributed by atoms with E-state index in [1.54, 1.807) is 0 Å². The highest BCUT2D eigenvalue weighted by Gasteiger charge is 1.99. The Morgan fingerprint density at radius 3 is 2.67 bits per heavy atom. The van der Waals surface area contributed by atoms with Gasteiger partial charge in [0.1, 0.15) is 5.75 Å². The molecule has 0 radical (unpaired) electrons. The Labute approximate surface area is 102 Å². The van der Waals surface area contributed by atoms with E-state index in [0.29, 0.717) is 5.88 Å². The number of aromatic nitrogens is 2. The highest BCUT2D eigenvalue weighted by molar-refractivity contribution is 14.1. The minimum absolute atomic E-state index is 0.516. The maximum absolute atomic E-state index is 5.54. The van der Waals surface area contributed by atoms with Crippen LogP contribution in [0.5, 0.6) is 11.6 Å². The normalized spacial score (nSPS) is 10.0. The van der Waals surface area contributed by atoms with Gasteiger partial charge in [0, 0.05) is 9.64 Å². The van der Waals surface area contributed by atoms with Crippen LogP contribution in [0.2, 0.25) is 0 Å². The number of hydrogen-bond acceptors (Lipinski definition) is 3. The van der Waals surface area contributed by atoms with E-state index in [9.17, 15) is 0 Å². The summed E-state index contributed by atoms with van der Waals surface area (Å²) in [4.78, 5) is 0. The van der Waals surface area contributed by atoms with E-state index in [2.05, 4.69) is 32.8 Å². The van der Waals surface area contributed by atoms with E-state index in [-0.39, 0.29) is 0 Å². The summed E-state index contributed by atoms with van der Waals surface area (Å²) in [5.74, 6) is 1.29. The smallest absolute Gasteiger partial charge is 0.238 e. The Balaban J connectivity index is 2.18. The molecule has 2 rings (SSSR count). The summed E-state index contributed by atoms with van der Waals surface area (Å²) >= 11 is 2.24. The lowest BCUT2D eigenvalue weighted by Gasteiger charge is -2.03. The summed E-state index contributed by atoms with van der Waals surface area (Å²) in [7, 11) is 0. The molecule has 1 heterocycles. The van der Waals surface area contributed by atoms with Crippen LogP contribution in [0.4, 0.5) is 0 Å². The average molecular weight is 312 g/mol. The van der Waals surface area contributed by atoms with Gasteiger partial charge in [0.2, 0.25) is 5.88 Å². The molecule has 2 aromatic rings. The monoisotopic (exact) mass is 312 g/mol. The maximum atomic E-state index is 5.54. The minimum atomic E-state index is 0.516. The Bertz CT molecular complexity index is 456. The summed E-state index contributed by atoms with van der Waals surface area (Å²) < 4.78 is 6.67. The topological polar surface area (TPSA) is 35.0 Å². The zero-order valence-electron chi connectivity index (χ0n) is 8.14. The molecule has 0 amide bonds. The standard InChI is InChI=1S/C11H9IN2O/c1-8-5-6-11(14-13-8)15-10-4-2-3-9(12)7-10/h2-7H,1H3. The third-order valence-corrected chi connectivity index (χ3v) is 2.46. The number of halogens is 1. The molecule has 0 saturated carbocycles. The lowest BCUT2D eigenvalue weighted by atomic mass is 10.3. The van der Waals surface area contributed by atoms with E-state index >= 15 is 0 Å². The molecule has 1 aromatic heterocycles. The van der Waals surface area contributed by atoms with Crippen molar-refractivity contribution in [1.82, 2.24) is 10.2 Å². The fraction of sp³-hybridized carbons (Fsp3) is 0.0909. The van der Waals surface area contributed by atoms with Crippen LogP contribution in [-0.4, -0.2) is 10.2 Å². The van der Waals surface area contributed by atoms with E-state index in [4.69, 9.17) is 4.74 Å². The van der Waals surface area contributed by atoms with Gasteiger partial charge in [-0.15, -0.1) is 5.10 Å². The molecule has 0 aliphatic rings. The highest BCUT2D eigenvalue weighted by atomic mass is 127. The quantitative estimate of drug-likeness (QED) is 0.799. The van der Waals surface area contributed by atoms with Gasteiger partial charge in [-0.25, -0.2) is 0 Å². The van der Waals surface area contributed by atoms with Crippen LogP contribution in [0.15, 0.2) is 36.4 Å². The van der Waals surface area contributed by atoms with Crippen molar-refractivity contribution in [1.29, 1.82) is 0 Å². The molecule has 0 aliphatic carbocycles. The molecular weight excluding hydrogens is 303 g/mol. The van der Waals surface area contributed by atoms with E-state index in [1.807, 2.05) is 43.3 Å². The summed E-state index contributed by atoms with van der Waals surface area (Å²) in [6, 6.07) is 11.5. The zero-order chi connectivity index (χ0) is 10.7. The van der Waals surface area contributed by atoms with E-state index in [0.717, 1.165) is 15.0 Å². The van der Waals surface area contributed by atoms with Crippen molar-refractivity contribution in [3.05, 3.63) is 45.7 Å². The second-order valence-electron chi connectivity index (χ2n) is 3.07. The largest absolute Gasteiger partial charge is 0.437 e. The number of nitrogens with zero attached hydrogens (tertiary/aromatic N) is 2. The first kappa shape index (κ1) is 10.4. The lowest BCUT2D eigenvalue weighted by molar-refractivity contribution is 0.454. The summed E-state index contributed by atoms with van der Waals surface area (Å²) in [6.07, 6.45) is 0. The predicted molar refractivity (Wildman–Crippen MR) is 66.0 cm³/mol. The van der Waals surface area contributed by atoms with Gasteiger partial charge < -0.3 is 4.74 Å². The van der Waals surface area contributed by atoms with Gasteiger partial charge in [0.15, 0.2) is 0 Å². The molecule has 0 N–H and O–H groups in total. The molecule has 0 bridgehead atoms. The van der Waals surface area contributed by atoms with Crippen molar-refractivity contribution in [2.75, 3.05) is 0 Å². The molecule has 0 fully saturated rings. The van der Waals surface area contributed by atoms with Crippen LogP contribution in [0, 0.1) is 10.5 Å². The van der Waals surface area contributed by atoms with Crippen LogP contribution in [0.25, 0.3) is 0 Å².